The van der Waals surface area contributed by atoms with Gasteiger partial charge in [-0.2, -0.15) is 0 Å². The summed E-state index contributed by atoms with van der Waals surface area (Å²) in [6.45, 7) is -0.192. The summed E-state index contributed by atoms with van der Waals surface area (Å²) in [5, 5.41) is 0. The average molecular weight is 253 g/mol. The normalized spacial score (nSPS) is 10.8. The fourth-order valence-corrected chi connectivity index (χ4v) is 1.39. The molecule has 3 N–H and O–H groups in total. The van der Waals surface area contributed by atoms with Crippen LogP contribution in [0.2, 0.25) is 0 Å². The zero-order chi connectivity index (χ0) is 10.0. The lowest BCUT2D eigenvalue weighted by Crippen LogP contribution is -2.17. The zero-order valence-electron chi connectivity index (χ0n) is 6.48. The molecule has 1 heterocycles. The standard InChI is InChI=1S/C7H7BrF2N2O/c8-5-1-4(13)3(2-11)6(12-5)7(9)10/h1,7H,2,11H2,(H,12,13). The Balaban J connectivity index is 3.38. The zero-order valence-corrected chi connectivity index (χ0v) is 8.07. The third-order valence-electron chi connectivity index (χ3n) is 1.56. The van der Waals surface area contributed by atoms with Gasteiger partial charge in [-0.25, -0.2) is 8.78 Å². The van der Waals surface area contributed by atoms with Crippen LogP contribution in [0.15, 0.2) is 15.5 Å². The van der Waals surface area contributed by atoms with Gasteiger partial charge in [0.15, 0.2) is 5.43 Å². The predicted octanol–water partition coefficient (Wildman–Crippen LogP) is 1.53. The molecule has 0 saturated heterocycles. The van der Waals surface area contributed by atoms with Crippen molar-refractivity contribution in [3.63, 3.8) is 0 Å². The number of rotatable bonds is 2. The van der Waals surface area contributed by atoms with Crippen LogP contribution in [-0.2, 0) is 6.54 Å². The molecule has 0 radical (unpaired) electrons. The van der Waals surface area contributed by atoms with E-state index in [2.05, 4.69) is 20.9 Å². The number of aromatic nitrogens is 1. The molecule has 0 saturated carbocycles. The maximum Gasteiger partial charge on any atom is 0.278 e. The summed E-state index contributed by atoms with van der Waals surface area (Å²) in [7, 11) is 0. The molecule has 13 heavy (non-hydrogen) atoms. The smallest absolute Gasteiger partial charge is 0.278 e. The van der Waals surface area contributed by atoms with Crippen LogP contribution in [0.25, 0.3) is 0 Å². The summed E-state index contributed by atoms with van der Waals surface area (Å²) in [4.78, 5) is 13.5. The van der Waals surface area contributed by atoms with Gasteiger partial charge in [-0.3, -0.25) is 4.79 Å². The first-order valence-corrected chi connectivity index (χ1v) is 4.25. The molecule has 72 valence electrons. The van der Waals surface area contributed by atoms with Crippen LogP contribution in [0.1, 0.15) is 17.7 Å². The second-order valence-corrected chi connectivity index (χ2v) is 3.23. The van der Waals surface area contributed by atoms with Gasteiger partial charge in [0.1, 0.15) is 0 Å². The van der Waals surface area contributed by atoms with E-state index >= 15 is 0 Å². The van der Waals surface area contributed by atoms with Gasteiger partial charge in [-0.05, 0) is 15.9 Å². The van der Waals surface area contributed by atoms with Crippen LogP contribution in [0.3, 0.4) is 0 Å². The minimum absolute atomic E-state index is 0.0711. The highest BCUT2D eigenvalue weighted by atomic mass is 79.9. The van der Waals surface area contributed by atoms with Gasteiger partial charge in [-0.1, -0.05) is 0 Å². The van der Waals surface area contributed by atoms with Gasteiger partial charge in [0.25, 0.3) is 6.43 Å². The van der Waals surface area contributed by atoms with Crippen molar-refractivity contribution in [3.8, 4) is 0 Å². The quantitative estimate of drug-likeness (QED) is 0.785. The largest absolute Gasteiger partial charge is 0.348 e. The third-order valence-corrected chi connectivity index (χ3v) is 1.98. The average Bonchev–Trinajstić information content (AvgIpc) is 2.02. The molecule has 0 aliphatic heterocycles. The summed E-state index contributed by atoms with van der Waals surface area (Å²) in [5.41, 5.74) is 4.20. The maximum absolute atomic E-state index is 12.3. The Morgan fingerprint density at radius 2 is 2.23 bits per heavy atom. The molecule has 0 atom stereocenters. The molecule has 1 rings (SSSR count). The van der Waals surface area contributed by atoms with Crippen molar-refractivity contribution >= 4 is 15.9 Å². The van der Waals surface area contributed by atoms with E-state index in [1.165, 1.54) is 6.07 Å². The highest BCUT2D eigenvalue weighted by molar-refractivity contribution is 9.10. The Kier molecular flexibility index (Phi) is 3.16. The van der Waals surface area contributed by atoms with Crippen LogP contribution in [0, 0.1) is 0 Å². The number of H-pyrrole nitrogens is 1. The summed E-state index contributed by atoms with van der Waals surface area (Å²) in [6.07, 6.45) is -2.72. The van der Waals surface area contributed by atoms with Gasteiger partial charge >= 0.3 is 0 Å². The first-order chi connectivity index (χ1) is 6.06. The van der Waals surface area contributed by atoms with Gasteiger partial charge in [0.05, 0.1) is 10.3 Å². The Morgan fingerprint density at radius 1 is 1.62 bits per heavy atom. The molecule has 1 aromatic heterocycles. The summed E-state index contributed by atoms with van der Waals surface area (Å²) in [6, 6.07) is 1.17. The van der Waals surface area contributed by atoms with Crippen molar-refractivity contribution in [3.05, 3.63) is 32.2 Å². The lowest BCUT2D eigenvalue weighted by Gasteiger charge is -2.06. The first kappa shape index (κ1) is 10.3. The number of pyridine rings is 1. The Morgan fingerprint density at radius 3 is 2.69 bits per heavy atom. The monoisotopic (exact) mass is 252 g/mol. The molecule has 0 aliphatic rings. The molecule has 0 aromatic carbocycles. The van der Waals surface area contributed by atoms with Crippen LogP contribution >= 0.6 is 15.9 Å². The Labute approximate surface area is 81.1 Å². The van der Waals surface area contributed by atoms with E-state index in [-0.39, 0.29) is 16.7 Å². The second-order valence-electron chi connectivity index (χ2n) is 2.38. The molecule has 0 bridgehead atoms. The molecule has 1 aromatic rings. The number of hydrogen-bond donors (Lipinski definition) is 2. The SMILES string of the molecule is NCc1c(C(F)F)[nH]c(Br)cc1=O. The van der Waals surface area contributed by atoms with Crippen molar-refractivity contribution in [2.45, 2.75) is 13.0 Å². The van der Waals surface area contributed by atoms with Crippen molar-refractivity contribution < 1.29 is 8.78 Å². The van der Waals surface area contributed by atoms with E-state index in [0.717, 1.165) is 0 Å². The highest BCUT2D eigenvalue weighted by Gasteiger charge is 2.15. The van der Waals surface area contributed by atoms with E-state index in [1.807, 2.05) is 0 Å². The topological polar surface area (TPSA) is 58.9 Å². The van der Waals surface area contributed by atoms with Crippen LogP contribution in [-0.4, -0.2) is 4.98 Å². The fraction of sp³-hybridized carbons (Fsp3) is 0.286. The van der Waals surface area contributed by atoms with Crippen LogP contribution < -0.4 is 11.2 Å². The fourth-order valence-electron chi connectivity index (χ4n) is 0.972. The first-order valence-electron chi connectivity index (χ1n) is 3.46. The second kappa shape index (κ2) is 3.97. The molecule has 0 fully saturated rings. The third kappa shape index (κ3) is 2.13. The van der Waals surface area contributed by atoms with Gasteiger partial charge < -0.3 is 10.7 Å². The van der Waals surface area contributed by atoms with E-state index in [1.54, 1.807) is 0 Å². The van der Waals surface area contributed by atoms with Crippen LogP contribution in [0.4, 0.5) is 8.78 Å². The number of halogens is 3. The molecular weight excluding hydrogens is 246 g/mol. The van der Waals surface area contributed by atoms with Crippen molar-refractivity contribution in [2.24, 2.45) is 5.73 Å². The summed E-state index contributed by atoms with van der Waals surface area (Å²) < 4.78 is 24.9. The Bertz CT molecular complexity index is 364. The highest BCUT2D eigenvalue weighted by Crippen LogP contribution is 2.19. The maximum atomic E-state index is 12.3. The van der Waals surface area contributed by atoms with E-state index in [9.17, 15) is 13.6 Å². The number of hydrogen-bond acceptors (Lipinski definition) is 2. The van der Waals surface area contributed by atoms with Crippen molar-refractivity contribution in [1.82, 2.24) is 4.98 Å². The van der Waals surface area contributed by atoms with Crippen molar-refractivity contribution in [1.29, 1.82) is 0 Å². The summed E-state index contributed by atoms with van der Waals surface area (Å²) in [5.74, 6) is 0. The molecule has 0 spiro atoms. The summed E-state index contributed by atoms with van der Waals surface area (Å²) >= 11 is 2.91. The lowest BCUT2D eigenvalue weighted by molar-refractivity contribution is 0.144. The lowest BCUT2D eigenvalue weighted by atomic mass is 10.2. The Hall–Kier alpha value is -0.750. The number of nitrogens with one attached hydrogen (secondary N) is 1. The van der Waals surface area contributed by atoms with Crippen LogP contribution in [0.5, 0.6) is 0 Å². The van der Waals surface area contributed by atoms with Gasteiger partial charge in [-0.15, -0.1) is 0 Å². The van der Waals surface area contributed by atoms with Gasteiger partial charge in [0, 0.05) is 18.2 Å². The number of nitrogens with two attached hydrogens (primary N) is 1. The number of aromatic amines is 1. The molecular formula is C7H7BrF2N2O. The van der Waals surface area contributed by atoms with Gasteiger partial charge in [0.2, 0.25) is 0 Å². The minimum atomic E-state index is -2.72. The molecule has 0 unspecified atom stereocenters. The van der Waals surface area contributed by atoms with E-state index in [4.69, 9.17) is 5.73 Å². The minimum Gasteiger partial charge on any atom is -0.348 e. The predicted molar refractivity (Wildman–Crippen MR) is 47.6 cm³/mol. The number of alkyl halides is 2. The van der Waals surface area contributed by atoms with E-state index < -0.39 is 17.5 Å². The van der Waals surface area contributed by atoms with Crippen molar-refractivity contribution in [2.75, 3.05) is 0 Å². The molecule has 0 aliphatic carbocycles. The molecule has 6 heteroatoms. The molecule has 0 amide bonds. The molecule has 3 nitrogen and oxygen atoms in total. The van der Waals surface area contributed by atoms with E-state index in [0.29, 0.717) is 0 Å².